The first-order chi connectivity index (χ1) is 24.0. The minimum absolute atomic E-state index is 0.0309. The predicted octanol–water partition coefficient (Wildman–Crippen LogP) is 7.11. The van der Waals surface area contributed by atoms with Crippen molar-refractivity contribution < 1.29 is 51.0 Å². The normalized spacial score (nSPS) is 28.5. The van der Waals surface area contributed by atoms with E-state index in [4.69, 9.17) is 27.9 Å². The van der Waals surface area contributed by atoms with Gasteiger partial charge in [0.05, 0.1) is 28.2 Å². The van der Waals surface area contributed by atoms with Gasteiger partial charge in [0, 0.05) is 5.92 Å². The lowest BCUT2D eigenvalue weighted by Gasteiger charge is -2.50. The van der Waals surface area contributed by atoms with Crippen LogP contribution in [0.5, 0.6) is 11.5 Å². The van der Waals surface area contributed by atoms with Crippen LogP contribution in [0.25, 0.3) is 6.08 Å². The molecule has 8 nitrogen and oxygen atoms in total. The van der Waals surface area contributed by atoms with Crippen molar-refractivity contribution in [1.29, 1.82) is 0 Å². The van der Waals surface area contributed by atoms with Crippen molar-refractivity contribution in [3.63, 3.8) is 0 Å². The molecule has 4 aliphatic rings. The van der Waals surface area contributed by atoms with Gasteiger partial charge in [-0.3, -0.25) is 24.1 Å². The lowest BCUT2D eigenvalue weighted by atomic mass is 9.56. The predicted molar refractivity (Wildman–Crippen MR) is 183 cm³/mol. The number of rotatable bonds is 5. The number of allylic oxidation sites excluding steroid dienone is 2. The van der Waals surface area contributed by atoms with Crippen LogP contribution in [-0.4, -0.2) is 45.6 Å². The maximum absolute atomic E-state index is 15.3. The Bertz CT molecular complexity index is 2140. The molecule has 16 heteroatoms. The third-order valence-electron chi connectivity index (χ3n) is 10.2. The second-order valence-electron chi connectivity index (χ2n) is 12.6. The zero-order valence-corrected chi connectivity index (χ0v) is 29.6. The Balaban J connectivity index is 1.44. The minimum atomic E-state index is -2.71. The summed E-state index contributed by atoms with van der Waals surface area (Å²) >= 11 is 16.1. The van der Waals surface area contributed by atoms with Gasteiger partial charge in [-0.05, 0) is 76.7 Å². The van der Waals surface area contributed by atoms with Crippen molar-refractivity contribution in [3.8, 4) is 11.5 Å². The molecular formula is C35H22Cl2F5IN2O6. The molecule has 0 radical (unpaired) electrons. The molecule has 6 atom stereocenters. The maximum atomic E-state index is 15.3. The van der Waals surface area contributed by atoms with Crippen molar-refractivity contribution in [3.05, 3.63) is 98.4 Å². The van der Waals surface area contributed by atoms with E-state index in [0.717, 1.165) is 10.5 Å². The largest absolute Gasteiger partial charge is 0.504 e. The first kappa shape index (κ1) is 35.4. The molecule has 3 aromatic rings. The lowest BCUT2D eigenvalue weighted by Crippen LogP contribution is -2.60. The summed E-state index contributed by atoms with van der Waals surface area (Å²) in [7, 11) is 1.24. The first-order valence-corrected chi connectivity index (χ1v) is 17.0. The summed E-state index contributed by atoms with van der Waals surface area (Å²) < 4.78 is 79.0. The molecule has 7 rings (SSSR count). The molecule has 2 aliphatic heterocycles. The lowest BCUT2D eigenvalue weighted by molar-refractivity contribution is -0.125. The van der Waals surface area contributed by atoms with Crippen LogP contribution in [0.15, 0.2) is 54.6 Å². The molecule has 6 unspecified atom stereocenters. The van der Waals surface area contributed by atoms with E-state index >= 15 is 8.78 Å². The van der Waals surface area contributed by atoms with E-state index in [1.54, 1.807) is 59.0 Å². The Kier molecular flexibility index (Phi) is 8.34. The van der Waals surface area contributed by atoms with E-state index in [2.05, 4.69) is 6.58 Å². The number of imide groups is 2. The fourth-order valence-electron chi connectivity index (χ4n) is 7.87. The van der Waals surface area contributed by atoms with Crippen molar-refractivity contribution in [1.82, 2.24) is 0 Å². The monoisotopic (exact) mass is 858 g/mol. The first-order valence-electron chi connectivity index (χ1n) is 15.2. The number of aromatic hydroxyl groups is 1. The molecule has 0 spiro atoms. The number of anilines is 2. The Hall–Kier alpha value is -4.02. The van der Waals surface area contributed by atoms with Crippen molar-refractivity contribution in [2.45, 2.75) is 28.5 Å². The highest BCUT2D eigenvalue weighted by Crippen LogP contribution is 2.66. The average Bonchev–Trinajstić information content (AvgIpc) is 3.45. The number of amides is 4. The van der Waals surface area contributed by atoms with E-state index in [1.165, 1.54) is 19.2 Å². The summed E-state index contributed by atoms with van der Waals surface area (Å²) in [5.74, 6) is -21.9. The number of ether oxygens (including phenoxy) is 1. The topological polar surface area (TPSA) is 104 Å². The number of fused-ring (bicyclic) bond motifs is 4. The number of methoxy groups -OCH3 is 1. The summed E-state index contributed by atoms with van der Waals surface area (Å²) in [6.07, 6.45) is 2.48. The smallest absolute Gasteiger partial charge is 0.258 e. The van der Waals surface area contributed by atoms with Gasteiger partial charge < -0.3 is 9.84 Å². The molecular weight excluding hydrogens is 837 g/mol. The second-order valence-corrected chi connectivity index (χ2v) is 15.0. The fraction of sp³-hybridized carbons (Fsp3) is 0.257. The van der Waals surface area contributed by atoms with E-state index in [9.17, 15) is 37.5 Å². The van der Waals surface area contributed by atoms with Crippen LogP contribution in [-0.2, 0) is 19.2 Å². The molecule has 2 heterocycles. The number of halogens is 8. The van der Waals surface area contributed by atoms with E-state index in [1.807, 2.05) is 0 Å². The van der Waals surface area contributed by atoms with Crippen LogP contribution in [0.3, 0.4) is 0 Å². The zero-order valence-electron chi connectivity index (χ0n) is 26.0. The fourth-order valence-corrected chi connectivity index (χ4v) is 9.43. The van der Waals surface area contributed by atoms with Crippen molar-refractivity contribution in [2.75, 3.05) is 16.9 Å². The van der Waals surface area contributed by atoms with Gasteiger partial charge in [-0.2, -0.15) is 0 Å². The Morgan fingerprint density at radius 3 is 2.10 bits per heavy atom. The van der Waals surface area contributed by atoms with Gasteiger partial charge in [-0.15, -0.1) is 23.2 Å². The van der Waals surface area contributed by atoms with Crippen LogP contribution in [0, 0.1) is 50.4 Å². The maximum Gasteiger partial charge on any atom is 0.258 e. The van der Waals surface area contributed by atoms with Crippen LogP contribution in [0.4, 0.5) is 33.3 Å². The summed E-state index contributed by atoms with van der Waals surface area (Å²) in [5, 5.41) is 10.6. The number of carbonyl (C=O) groups excluding carboxylic acids is 4. The van der Waals surface area contributed by atoms with Crippen LogP contribution in [0.2, 0.25) is 0 Å². The Morgan fingerprint density at radius 1 is 0.902 bits per heavy atom. The molecule has 4 amide bonds. The third-order valence-corrected chi connectivity index (χ3v) is 12.4. The van der Waals surface area contributed by atoms with Gasteiger partial charge in [0.15, 0.2) is 44.5 Å². The van der Waals surface area contributed by atoms with Gasteiger partial charge in [-0.1, -0.05) is 36.4 Å². The summed E-state index contributed by atoms with van der Waals surface area (Å²) in [5.41, 5.74) is -0.537. The molecule has 2 saturated heterocycles. The number of benzene rings is 3. The number of phenols is 1. The number of alkyl halides is 2. The molecule has 1 saturated carbocycles. The minimum Gasteiger partial charge on any atom is -0.504 e. The number of nitrogens with zero attached hydrogens (tertiary/aromatic N) is 2. The molecule has 3 fully saturated rings. The van der Waals surface area contributed by atoms with Crippen molar-refractivity contribution >= 4 is 86.9 Å². The number of carbonyl (C=O) groups is 4. The average molecular weight is 859 g/mol. The standard InChI is InChI=1S/C35H22Cl2F5IN2O6/c1-3-13-4-6-15(7-5-13)44-30(47)17-9-8-16-18(21(17)31(44)48)12-34(36)32(49)45(28-26(41)24(39)23(38)25(40)27(28)42)33(50)35(34,37)22(16)14-10-19(43)29(46)20(11-14)51-2/h3-8,10-11,17-18,21-22,46H,1,9,12H2,2H3. The highest BCUT2D eigenvalue weighted by molar-refractivity contribution is 14.1. The molecule has 264 valence electrons. The molecule has 0 aromatic heterocycles. The van der Waals surface area contributed by atoms with Crippen LogP contribution in [0.1, 0.15) is 29.9 Å². The van der Waals surface area contributed by atoms with Crippen LogP contribution >= 0.6 is 45.8 Å². The molecule has 1 N–H and O–H groups in total. The summed E-state index contributed by atoms with van der Waals surface area (Å²) in [6.45, 7) is 3.69. The number of hydrogen-bond acceptors (Lipinski definition) is 6. The van der Waals surface area contributed by atoms with E-state index in [0.29, 0.717) is 0 Å². The highest BCUT2D eigenvalue weighted by Gasteiger charge is 2.77. The summed E-state index contributed by atoms with van der Waals surface area (Å²) in [6, 6.07) is 9.08. The molecule has 0 bridgehead atoms. The third kappa shape index (κ3) is 4.60. The Labute approximate surface area is 309 Å². The van der Waals surface area contributed by atoms with Gasteiger partial charge in [0.2, 0.25) is 17.6 Å². The van der Waals surface area contributed by atoms with Crippen LogP contribution < -0.4 is 14.5 Å². The molecule has 2 aliphatic carbocycles. The molecule has 3 aromatic carbocycles. The van der Waals surface area contributed by atoms with E-state index < -0.39 is 98.2 Å². The van der Waals surface area contributed by atoms with Gasteiger partial charge in [-0.25, -0.2) is 26.9 Å². The quantitative estimate of drug-likeness (QED) is 0.0559. The highest BCUT2D eigenvalue weighted by atomic mass is 127. The van der Waals surface area contributed by atoms with Crippen molar-refractivity contribution in [2.24, 2.45) is 17.8 Å². The number of hydrogen-bond donors (Lipinski definition) is 1. The van der Waals surface area contributed by atoms with Gasteiger partial charge in [0.25, 0.3) is 11.8 Å². The number of phenolic OH excluding ortho intramolecular Hbond substituents is 1. The van der Waals surface area contributed by atoms with Gasteiger partial charge >= 0.3 is 0 Å². The molecule has 51 heavy (non-hydrogen) atoms. The van der Waals surface area contributed by atoms with E-state index in [-0.39, 0.29) is 43.2 Å². The second kappa shape index (κ2) is 12.0. The zero-order chi connectivity index (χ0) is 37.1. The Morgan fingerprint density at radius 2 is 1.51 bits per heavy atom. The van der Waals surface area contributed by atoms with Gasteiger partial charge in [0.1, 0.15) is 5.69 Å². The SMILES string of the molecule is C=Cc1ccc(N2C(=O)C3CC=C4C(CC5(Cl)C(=O)N(c6c(F)c(F)c(F)c(F)c6F)C(=O)C5(Cl)C4c4cc(I)c(O)c(OC)c4)C3C2=O)cc1. The summed E-state index contributed by atoms with van der Waals surface area (Å²) in [4.78, 5) is 52.2.